The summed E-state index contributed by atoms with van der Waals surface area (Å²) in [6.07, 6.45) is 2.18. The van der Waals surface area contributed by atoms with Gasteiger partial charge in [0.05, 0.1) is 0 Å². The number of ether oxygens (including phenoxy) is 1. The highest BCUT2D eigenvalue weighted by Gasteiger charge is 2.35. The van der Waals surface area contributed by atoms with Crippen molar-refractivity contribution in [1.82, 2.24) is 4.98 Å². The maximum absolute atomic E-state index is 5.71. The lowest BCUT2D eigenvalue weighted by Gasteiger charge is -2.19. The lowest BCUT2D eigenvalue weighted by atomic mass is 10.0. The minimum absolute atomic E-state index is 0.174. The summed E-state index contributed by atoms with van der Waals surface area (Å²) in [4.78, 5) is 5.42. The Hall–Kier alpha value is -0.610. The molecule has 72 valence electrons. The maximum atomic E-state index is 5.71. The zero-order valence-corrected chi connectivity index (χ0v) is 8.78. The molecule has 3 nitrogen and oxygen atoms in total. The van der Waals surface area contributed by atoms with Crippen LogP contribution in [0.5, 0.6) is 0 Å². The minimum Gasteiger partial charge on any atom is -0.383 e. The first-order valence-corrected chi connectivity index (χ1v) is 5.31. The molecule has 2 heterocycles. The van der Waals surface area contributed by atoms with Gasteiger partial charge in [-0.1, -0.05) is 0 Å². The van der Waals surface area contributed by atoms with Crippen molar-refractivity contribution in [3.05, 3.63) is 9.88 Å². The second-order valence-corrected chi connectivity index (χ2v) is 4.85. The maximum Gasteiger partial charge on any atom is 0.137 e. The van der Waals surface area contributed by atoms with E-state index in [4.69, 9.17) is 10.5 Å². The van der Waals surface area contributed by atoms with Gasteiger partial charge in [0.1, 0.15) is 16.4 Å². The molecule has 1 aliphatic rings. The van der Waals surface area contributed by atoms with Gasteiger partial charge in [-0.25, -0.2) is 4.98 Å². The largest absolute Gasteiger partial charge is 0.383 e. The van der Waals surface area contributed by atoms with Crippen molar-refractivity contribution in [1.29, 1.82) is 0 Å². The van der Waals surface area contributed by atoms with E-state index >= 15 is 0 Å². The molecule has 13 heavy (non-hydrogen) atoms. The molecule has 0 saturated carbocycles. The number of nitrogens with two attached hydrogens (primary N) is 1. The highest BCUT2D eigenvalue weighted by Crippen LogP contribution is 2.38. The first-order valence-electron chi connectivity index (χ1n) is 4.49. The number of nitrogen functional groups attached to an aromatic ring is 1. The van der Waals surface area contributed by atoms with Crippen LogP contribution in [-0.2, 0) is 10.3 Å². The van der Waals surface area contributed by atoms with Crippen molar-refractivity contribution in [3.63, 3.8) is 0 Å². The van der Waals surface area contributed by atoms with Crippen molar-refractivity contribution in [2.75, 3.05) is 12.3 Å². The predicted molar refractivity (Wildman–Crippen MR) is 53.8 cm³/mol. The molecule has 0 aliphatic carbocycles. The number of rotatable bonds is 1. The SMILES string of the molecule is Cc1sc(C2(C)CCCO2)nc1N. The smallest absolute Gasteiger partial charge is 0.137 e. The summed E-state index contributed by atoms with van der Waals surface area (Å²) in [5.74, 6) is 0.650. The zero-order chi connectivity index (χ0) is 9.47. The van der Waals surface area contributed by atoms with E-state index in [9.17, 15) is 0 Å². The fourth-order valence-corrected chi connectivity index (χ4v) is 2.54. The molecule has 1 fully saturated rings. The molecule has 0 aromatic carbocycles. The Bertz CT molecular complexity index is 296. The van der Waals surface area contributed by atoms with E-state index < -0.39 is 0 Å². The normalized spacial score (nSPS) is 28.2. The molecule has 1 aromatic heterocycles. The summed E-state index contributed by atoms with van der Waals surface area (Å²) in [5, 5.41) is 1.03. The van der Waals surface area contributed by atoms with Crippen LogP contribution < -0.4 is 5.73 Å². The Labute approximate surface area is 81.9 Å². The van der Waals surface area contributed by atoms with E-state index in [0.29, 0.717) is 5.82 Å². The van der Waals surface area contributed by atoms with Crippen molar-refractivity contribution in [2.24, 2.45) is 0 Å². The molecular weight excluding hydrogens is 184 g/mol. The van der Waals surface area contributed by atoms with Crippen LogP contribution >= 0.6 is 11.3 Å². The van der Waals surface area contributed by atoms with E-state index in [2.05, 4.69) is 11.9 Å². The number of nitrogens with zero attached hydrogens (tertiary/aromatic N) is 1. The standard InChI is InChI=1S/C9H14N2OS/c1-6-7(10)11-8(13-6)9(2)4-3-5-12-9/h3-5,10H2,1-2H3. The molecule has 1 atom stereocenters. The Morgan fingerprint density at radius 1 is 1.62 bits per heavy atom. The van der Waals surface area contributed by atoms with E-state index in [1.807, 2.05) is 6.92 Å². The predicted octanol–water partition coefficient (Wildman–Crippen LogP) is 2.06. The number of aromatic nitrogens is 1. The third kappa shape index (κ3) is 1.44. The van der Waals surface area contributed by atoms with Gasteiger partial charge in [-0.05, 0) is 26.7 Å². The number of hydrogen-bond donors (Lipinski definition) is 1. The van der Waals surface area contributed by atoms with Crippen LogP contribution in [0.25, 0.3) is 0 Å². The van der Waals surface area contributed by atoms with Crippen LogP contribution in [-0.4, -0.2) is 11.6 Å². The lowest BCUT2D eigenvalue weighted by molar-refractivity contribution is 0.0167. The Kier molecular flexibility index (Phi) is 2.04. The zero-order valence-electron chi connectivity index (χ0n) is 7.96. The minimum atomic E-state index is -0.174. The number of hydrogen-bond acceptors (Lipinski definition) is 4. The molecule has 1 aromatic rings. The van der Waals surface area contributed by atoms with Gasteiger partial charge in [-0.2, -0.15) is 0 Å². The lowest BCUT2D eigenvalue weighted by Crippen LogP contribution is -2.19. The van der Waals surface area contributed by atoms with E-state index in [-0.39, 0.29) is 5.60 Å². The second kappa shape index (κ2) is 2.96. The summed E-state index contributed by atoms with van der Waals surface area (Å²) in [6, 6.07) is 0. The summed E-state index contributed by atoms with van der Waals surface area (Å²) in [7, 11) is 0. The van der Waals surface area contributed by atoms with Crippen molar-refractivity contribution in [3.8, 4) is 0 Å². The van der Waals surface area contributed by atoms with Crippen LogP contribution in [0.15, 0.2) is 0 Å². The van der Waals surface area contributed by atoms with Gasteiger partial charge < -0.3 is 10.5 Å². The Morgan fingerprint density at radius 3 is 2.85 bits per heavy atom. The van der Waals surface area contributed by atoms with Gasteiger partial charge in [-0.3, -0.25) is 0 Å². The van der Waals surface area contributed by atoms with Crippen molar-refractivity contribution < 1.29 is 4.74 Å². The molecule has 0 amide bonds. The number of aryl methyl sites for hydroxylation is 1. The molecule has 1 aliphatic heterocycles. The first-order chi connectivity index (χ1) is 6.12. The summed E-state index contributed by atoms with van der Waals surface area (Å²) in [6.45, 7) is 4.93. The molecule has 0 spiro atoms. The summed E-state index contributed by atoms with van der Waals surface area (Å²) in [5.41, 5.74) is 5.54. The van der Waals surface area contributed by atoms with Crippen LogP contribution in [0.3, 0.4) is 0 Å². The monoisotopic (exact) mass is 198 g/mol. The van der Waals surface area contributed by atoms with Gasteiger partial charge >= 0.3 is 0 Å². The van der Waals surface area contributed by atoms with Gasteiger partial charge in [0, 0.05) is 11.5 Å². The molecule has 0 bridgehead atoms. The average Bonchev–Trinajstić information content (AvgIpc) is 2.62. The molecule has 2 N–H and O–H groups in total. The third-order valence-electron chi connectivity index (χ3n) is 2.50. The van der Waals surface area contributed by atoms with Crippen LogP contribution in [0.1, 0.15) is 29.7 Å². The number of thiazole rings is 1. The first kappa shape index (κ1) is 8.97. The summed E-state index contributed by atoms with van der Waals surface area (Å²) >= 11 is 1.65. The average molecular weight is 198 g/mol. The van der Waals surface area contributed by atoms with E-state index in [1.54, 1.807) is 11.3 Å². The van der Waals surface area contributed by atoms with Crippen LogP contribution in [0.4, 0.5) is 5.82 Å². The van der Waals surface area contributed by atoms with Crippen LogP contribution in [0.2, 0.25) is 0 Å². The van der Waals surface area contributed by atoms with E-state index in [0.717, 1.165) is 29.3 Å². The molecule has 1 unspecified atom stereocenters. The van der Waals surface area contributed by atoms with E-state index in [1.165, 1.54) is 0 Å². The fourth-order valence-electron chi connectivity index (χ4n) is 1.58. The summed E-state index contributed by atoms with van der Waals surface area (Å²) < 4.78 is 5.69. The molecule has 1 saturated heterocycles. The van der Waals surface area contributed by atoms with Gasteiger partial charge in [0.2, 0.25) is 0 Å². The fraction of sp³-hybridized carbons (Fsp3) is 0.667. The molecular formula is C9H14N2OS. The van der Waals surface area contributed by atoms with Gasteiger partial charge in [-0.15, -0.1) is 11.3 Å². The topological polar surface area (TPSA) is 48.1 Å². The number of anilines is 1. The van der Waals surface area contributed by atoms with Gasteiger partial charge in [0.25, 0.3) is 0 Å². The Morgan fingerprint density at radius 2 is 2.38 bits per heavy atom. The van der Waals surface area contributed by atoms with Crippen molar-refractivity contribution in [2.45, 2.75) is 32.3 Å². The second-order valence-electron chi connectivity index (χ2n) is 3.64. The highest BCUT2D eigenvalue weighted by molar-refractivity contribution is 7.12. The molecule has 4 heteroatoms. The molecule has 0 radical (unpaired) electrons. The third-order valence-corrected chi connectivity index (χ3v) is 3.74. The quantitative estimate of drug-likeness (QED) is 0.751. The highest BCUT2D eigenvalue weighted by atomic mass is 32.1. The molecule has 2 rings (SSSR count). The Balaban J connectivity index is 2.34. The van der Waals surface area contributed by atoms with Crippen LogP contribution in [0, 0.1) is 6.92 Å². The van der Waals surface area contributed by atoms with Crippen molar-refractivity contribution >= 4 is 17.2 Å². The van der Waals surface area contributed by atoms with Gasteiger partial charge in [0.15, 0.2) is 0 Å².